The van der Waals surface area contributed by atoms with Crippen LogP contribution in [0, 0.1) is 0 Å². The Hall–Kier alpha value is -2.16. The molecule has 0 aliphatic heterocycles. The number of anilines is 1. The van der Waals surface area contributed by atoms with Gasteiger partial charge in [0.05, 0.1) is 5.75 Å². The minimum atomic E-state index is -0.518. The molecule has 0 saturated heterocycles. The fraction of sp³-hybridized carbons (Fsp3) is 0.417. The summed E-state index contributed by atoms with van der Waals surface area (Å²) < 4.78 is 6.68. The molecule has 9 heteroatoms. The molecule has 0 saturated carbocycles. The summed E-state index contributed by atoms with van der Waals surface area (Å²) in [6, 6.07) is 1.74. The molecule has 0 fully saturated rings. The van der Waals surface area contributed by atoms with Crippen LogP contribution in [0.3, 0.4) is 0 Å². The molecule has 0 aliphatic carbocycles. The maximum atomic E-state index is 11.7. The first-order valence-electron chi connectivity index (χ1n) is 6.20. The van der Waals surface area contributed by atoms with E-state index in [1.54, 1.807) is 18.5 Å². The molecule has 2 aromatic rings. The molecule has 2 heterocycles. The molecule has 112 valence electrons. The molecule has 0 unspecified atom stereocenters. The molecule has 0 aliphatic rings. The normalized spacial score (nSPS) is 11.4. The van der Waals surface area contributed by atoms with Crippen LogP contribution in [0.4, 0.5) is 5.95 Å². The summed E-state index contributed by atoms with van der Waals surface area (Å²) in [6.45, 7) is 5.44. The summed E-state index contributed by atoms with van der Waals surface area (Å²) in [5, 5.41) is 4.37. The molecule has 2 N–H and O–H groups in total. The minimum absolute atomic E-state index is 0.0715. The van der Waals surface area contributed by atoms with Gasteiger partial charge in [-0.15, -0.1) is 0 Å². The van der Waals surface area contributed by atoms with Gasteiger partial charge in [0.2, 0.25) is 5.95 Å². The van der Waals surface area contributed by atoms with Crippen LogP contribution in [-0.2, 0) is 9.53 Å². The van der Waals surface area contributed by atoms with Gasteiger partial charge in [0.25, 0.3) is 5.95 Å². The van der Waals surface area contributed by atoms with Crippen molar-refractivity contribution in [2.24, 2.45) is 0 Å². The number of nitrogen functional groups attached to an aromatic ring is 1. The number of carbonyl (C=O) groups is 1. The highest BCUT2D eigenvalue weighted by molar-refractivity contribution is 7.99. The van der Waals surface area contributed by atoms with Crippen LogP contribution in [0.15, 0.2) is 23.6 Å². The molecule has 0 bridgehead atoms. The third-order valence-corrected chi connectivity index (χ3v) is 2.89. The molecule has 0 radical (unpaired) electrons. The third kappa shape index (κ3) is 4.71. The number of esters is 1. The van der Waals surface area contributed by atoms with Gasteiger partial charge in [-0.25, -0.2) is 4.68 Å². The highest BCUT2D eigenvalue weighted by Gasteiger charge is 2.17. The van der Waals surface area contributed by atoms with Crippen LogP contribution in [0.5, 0.6) is 0 Å². The fourth-order valence-corrected chi connectivity index (χ4v) is 2.02. The van der Waals surface area contributed by atoms with E-state index in [2.05, 4.69) is 20.1 Å². The third-order valence-electron chi connectivity index (χ3n) is 2.07. The van der Waals surface area contributed by atoms with Crippen molar-refractivity contribution in [3.8, 4) is 5.95 Å². The Kier molecular flexibility index (Phi) is 4.41. The zero-order valence-electron chi connectivity index (χ0n) is 12.0. The van der Waals surface area contributed by atoms with Gasteiger partial charge in [0.15, 0.2) is 5.16 Å². The number of carbonyl (C=O) groups excluding carboxylic acids is 1. The largest absolute Gasteiger partial charge is 0.459 e. The van der Waals surface area contributed by atoms with Crippen molar-refractivity contribution in [3.63, 3.8) is 0 Å². The SMILES string of the molecule is CC(C)(C)OC(=O)CSc1nc(N)nc(-n2cccn2)n1. The Morgan fingerprint density at radius 2 is 2.14 bits per heavy atom. The number of ether oxygens (including phenoxy) is 1. The lowest BCUT2D eigenvalue weighted by Crippen LogP contribution is -2.25. The second kappa shape index (κ2) is 6.08. The lowest BCUT2D eigenvalue weighted by atomic mass is 10.2. The van der Waals surface area contributed by atoms with E-state index in [1.165, 1.54) is 4.68 Å². The molecular weight excluding hydrogens is 292 g/mol. The first-order valence-corrected chi connectivity index (χ1v) is 7.18. The van der Waals surface area contributed by atoms with Crippen molar-refractivity contribution >= 4 is 23.7 Å². The lowest BCUT2D eigenvalue weighted by molar-refractivity contribution is -0.151. The molecule has 0 aromatic carbocycles. The van der Waals surface area contributed by atoms with E-state index in [1.807, 2.05) is 20.8 Å². The fourth-order valence-electron chi connectivity index (χ4n) is 1.41. The number of nitrogens with zero attached hydrogens (tertiary/aromatic N) is 5. The summed E-state index contributed by atoms with van der Waals surface area (Å²) >= 11 is 1.14. The summed E-state index contributed by atoms with van der Waals surface area (Å²) in [5.74, 6) is 0.132. The molecule has 0 spiro atoms. The van der Waals surface area contributed by atoms with Gasteiger partial charge < -0.3 is 10.5 Å². The van der Waals surface area contributed by atoms with Gasteiger partial charge in [-0.3, -0.25) is 4.79 Å². The van der Waals surface area contributed by atoms with Crippen LogP contribution in [0.1, 0.15) is 20.8 Å². The van der Waals surface area contributed by atoms with Crippen LogP contribution in [-0.4, -0.2) is 42.1 Å². The van der Waals surface area contributed by atoms with E-state index in [4.69, 9.17) is 10.5 Å². The van der Waals surface area contributed by atoms with E-state index in [-0.39, 0.29) is 17.7 Å². The van der Waals surface area contributed by atoms with Gasteiger partial charge in [0.1, 0.15) is 5.60 Å². The van der Waals surface area contributed by atoms with Crippen molar-refractivity contribution in [2.45, 2.75) is 31.5 Å². The number of nitrogens with two attached hydrogens (primary N) is 1. The highest BCUT2D eigenvalue weighted by Crippen LogP contribution is 2.17. The predicted molar refractivity (Wildman–Crippen MR) is 77.9 cm³/mol. The zero-order valence-corrected chi connectivity index (χ0v) is 12.8. The highest BCUT2D eigenvalue weighted by atomic mass is 32.2. The Bertz CT molecular complexity index is 623. The average molecular weight is 308 g/mol. The summed E-state index contributed by atoms with van der Waals surface area (Å²) in [6.07, 6.45) is 3.30. The predicted octanol–water partition coefficient (Wildman–Crippen LogP) is 1.07. The van der Waals surface area contributed by atoms with E-state index in [0.717, 1.165) is 11.8 Å². The monoisotopic (exact) mass is 308 g/mol. The van der Waals surface area contributed by atoms with Gasteiger partial charge >= 0.3 is 5.97 Å². The van der Waals surface area contributed by atoms with Crippen molar-refractivity contribution in [1.29, 1.82) is 0 Å². The first kappa shape index (κ1) is 15.2. The maximum Gasteiger partial charge on any atom is 0.316 e. The van der Waals surface area contributed by atoms with Crippen LogP contribution in [0.25, 0.3) is 5.95 Å². The van der Waals surface area contributed by atoms with E-state index in [9.17, 15) is 4.79 Å². The lowest BCUT2D eigenvalue weighted by Gasteiger charge is -2.19. The van der Waals surface area contributed by atoms with Crippen molar-refractivity contribution in [3.05, 3.63) is 18.5 Å². The van der Waals surface area contributed by atoms with Crippen LogP contribution < -0.4 is 5.73 Å². The van der Waals surface area contributed by atoms with Crippen molar-refractivity contribution in [2.75, 3.05) is 11.5 Å². The molecule has 0 atom stereocenters. The number of rotatable bonds is 4. The smallest absolute Gasteiger partial charge is 0.316 e. The standard InChI is InChI=1S/C12H16N6O2S/c1-12(2,3)20-8(19)7-21-11-16-9(13)15-10(17-11)18-6-4-5-14-18/h4-6H,7H2,1-3H3,(H2,13,15,16,17). The first-order chi connectivity index (χ1) is 9.83. The molecule has 2 rings (SSSR count). The number of hydrogen-bond acceptors (Lipinski definition) is 8. The molecule has 2 aromatic heterocycles. The van der Waals surface area contributed by atoms with E-state index >= 15 is 0 Å². The Balaban J connectivity index is 2.06. The van der Waals surface area contributed by atoms with Crippen molar-refractivity contribution in [1.82, 2.24) is 24.7 Å². The average Bonchev–Trinajstić information content (AvgIpc) is 2.87. The molecule has 8 nitrogen and oxygen atoms in total. The summed E-state index contributed by atoms with van der Waals surface area (Å²) in [5.41, 5.74) is 5.12. The summed E-state index contributed by atoms with van der Waals surface area (Å²) in [7, 11) is 0. The Morgan fingerprint density at radius 3 is 2.76 bits per heavy atom. The Morgan fingerprint density at radius 1 is 1.38 bits per heavy atom. The number of aromatic nitrogens is 5. The molecule has 21 heavy (non-hydrogen) atoms. The zero-order chi connectivity index (χ0) is 15.5. The van der Waals surface area contributed by atoms with E-state index in [0.29, 0.717) is 11.1 Å². The molecular formula is C12H16N6O2S. The van der Waals surface area contributed by atoms with Gasteiger partial charge in [-0.1, -0.05) is 11.8 Å². The van der Waals surface area contributed by atoms with Gasteiger partial charge in [-0.2, -0.15) is 20.1 Å². The quantitative estimate of drug-likeness (QED) is 0.660. The van der Waals surface area contributed by atoms with Crippen LogP contribution in [0.2, 0.25) is 0 Å². The van der Waals surface area contributed by atoms with Crippen molar-refractivity contribution < 1.29 is 9.53 Å². The second-order valence-electron chi connectivity index (χ2n) is 5.10. The maximum absolute atomic E-state index is 11.7. The number of hydrogen-bond donors (Lipinski definition) is 1. The molecule has 0 amide bonds. The van der Waals surface area contributed by atoms with Crippen LogP contribution >= 0.6 is 11.8 Å². The number of thioether (sulfide) groups is 1. The van der Waals surface area contributed by atoms with E-state index < -0.39 is 5.60 Å². The topological polar surface area (TPSA) is 109 Å². The Labute approximate surface area is 126 Å². The second-order valence-corrected chi connectivity index (χ2v) is 6.04. The van der Waals surface area contributed by atoms with Gasteiger partial charge in [0, 0.05) is 12.4 Å². The minimum Gasteiger partial charge on any atom is -0.459 e. The van der Waals surface area contributed by atoms with Gasteiger partial charge in [-0.05, 0) is 26.8 Å². The summed E-state index contributed by atoms with van der Waals surface area (Å²) in [4.78, 5) is 23.8.